The minimum absolute atomic E-state index is 0.0149. The first-order valence-corrected chi connectivity index (χ1v) is 6.68. The van der Waals surface area contributed by atoms with Crippen LogP contribution in [0.2, 0.25) is 10.0 Å². The maximum Gasteiger partial charge on any atom is 0.131 e. The van der Waals surface area contributed by atoms with Crippen LogP contribution in [-0.2, 0) is 6.54 Å². The van der Waals surface area contributed by atoms with Crippen LogP contribution in [-0.4, -0.2) is 4.57 Å². The Morgan fingerprint density at radius 3 is 2.40 bits per heavy atom. The summed E-state index contributed by atoms with van der Waals surface area (Å²) in [6.45, 7) is 0.0820. The van der Waals surface area contributed by atoms with E-state index in [1.165, 1.54) is 18.2 Å². The SMILES string of the molecule is Fc1cccc(F)c1Cn1ccc2c(Cl)cc(Cl)cc21. The second kappa shape index (κ2) is 5.08. The third kappa shape index (κ3) is 2.28. The number of nitrogens with zero attached hydrogens (tertiary/aromatic N) is 1. The van der Waals surface area contributed by atoms with Gasteiger partial charge in [-0.15, -0.1) is 0 Å². The van der Waals surface area contributed by atoms with Crippen molar-refractivity contribution >= 4 is 34.1 Å². The summed E-state index contributed by atoms with van der Waals surface area (Å²) in [5.74, 6) is -1.14. The summed E-state index contributed by atoms with van der Waals surface area (Å²) in [7, 11) is 0. The van der Waals surface area contributed by atoms with Gasteiger partial charge in [0.05, 0.1) is 17.1 Å². The molecule has 5 heteroatoms. The molecule has 0 radical (unpaired) electrons. The Labute approximate surface area is 124 Å². The van der Waals surface area contributed by atoms with Crippen LogP contribution in [0.25, 0.3) is 10.9 Å². The van der Waals surface area contributed by atoms with Gasteiger partial charge in [0.2, 0.25) is 0 Å². The highest BCUT2D eigenvalue weighted by Crippen LogP contribution is 2.29. The smallest absolute Gasteiger partial charge is 0.131 e. The van der Waals surface area contributed by atoms with Gasteiger partial charge in [-0.1, -0.05) is 29.3 Å². The van der Waals surface area contributed by atoms with E-state index in [0.717, 1.165) is 10.9 Å². The van der Waals surface area contributed by atoms with E-state index in [-0.39, 0.29) is 12.1 Å². The minimum Gasteiger partial charge on any atom is -0.343 e. The topological polar surface area (TPSA) is 4.93 Å². The second-order valence-electron chi connectivity index (χ2n) is 4.46. The van der Waals surface area contributed by atoms with Crippen LogP contribution in [0.3, 0.4) is 0 Å². The van der Waals surface area contributed by atoms with Crippen LogP contribution in [0.1, 0.15) is 5.56 Å². The molecule has 1 nitrogen and oxygen atoms in total. The maximum absolute atomic E-state index is 13.7. The lowest BCUT2D eigenvalue weighted by Gasteiger charge is -2.08. The van der Waals surface area contributed by atoms with Crippen molar-refractivity contribution in [2.75, 3.05) is 0 Å². The molecule has 1 heterocycles. The lowest BCUT2D eigenvalue weighted by atomic mass is 10.2. The fourth-order valence-electron chi connectivity index (χ4n) is 2.21. The largest absolute Gasteiger partial charge is 0.343 e. The number of hydrogen-bond donors (Lipinski definition) is 0. The Kier molecular flexibility index (Phi) is 3.40. The van der Waals surface area contributed by atoms with E-state index in [1.54, 1.807) is 29.0 Å². The fraction of sp³-hybridized carbons (Fsp3) is 0.0667. The molecule has 3 rings (SSSR count). The molecule has 102 valence electrons. The van der Waals surface area contributed by atoms with E-state index in [0.29, 0.717) is 10.0 Å². The van der Waals surface area contributed by atoms with Crippen molar-refractivity contribution in [2.45, 2.75) is 6.54 Å². The molecule has 1 aromatic heterocycles. The third-order valence-electron chi connectivity index (χ3n) is 3.19. The first-order valence-electron chi connectivity index (χ1n) is 5.93. The van der Waals surface area contributed by atoms with Crippen molar-refractivity contribution in [3.05, 3.63) is 69.8 Å². The summed E-state index contributed by atoms with van der Waals surface area (Å²) < 4.78 is 29.1. The molecule has 0 fully saturated rings. The third-order valence-corrected chi connectivity index (χ3v) is 3.72. The molecule has 0 saturated heterocycles. The Hall–Kier alpha value is -1.58. The highest BCUT2D eigenvalue weighted by molar-refractivity contribution is 6.38. The summed E-state index contributed by atoms with van der Waals surface area (Å²) in [4.78, 5) is 0. The molecule has 0 N–H and O–H groups in total. The van der Waals surface area contributed by atoms with Crippen LogP contribution < -0.4 is 0 Å². The first kappa shape index (κ1) is 13.4. The predicted molar refractivity (Wildman–Crippen MR) is 77.4 cm³/mol. The standard InChI is InChI=1S/C15H9Cl2F2N/c16-9-6-12(17)10-4-5-20(15(10)7-9)8-11-13(18)2-1-3-14(11)19/h1-7H,8H2. The van der Waals surface area contributed by atoms with Crippen LogP contribution in [0.15, 0.2) is 42.6 Å². The normalized spacial score (nSPS) is 11.2. The van der Waals surface area contributed by atoms with E-state index in [9.17, 15) is 8.78 Å². The zero-order chi connectivity index (χ0) is 14.3. The molecule has 0 saturated carbocycles. The second-order valence-corrected chi connectivity index (χ2v) is 5.31. The minimum atomic E-state index is -0.569. The Morgan fingerprint density at radius 2 is 1.70 bits per heavy atom. The summed E-state index contributed by atoms with van der Waals surface area (Å²) in [5, 5.41) is 1.80. The summed E-state index contributed by atoms with van der Waals surface area (Å²) in [6.07, 6.45) is 1.73. The van der Waals surface area contributed by atoms with Gasteiger partial charge in [0.15, 0.2) is 0 Å². The molecule has 3 aromatic rings. The monoisotopic (exact) mass is 311 g/mol. The molecule has 20 heavy (non-hydrogen) atoms. The Balaban J connectivity index is 2.12. The van der Waals surface area contributed by atoms with Crippen molar-refractivity contribution in [3.8, 4) is 0 Å². The first-order chi connectivity index (χ1) is 9.56. The molecule has 0 aliphatic rings. The summed E-state index contributed by atoms with van der Waals surface area (Å²) >= 11 is 12.1. The number of hydrogen-bond acceptors (Lipinski definition) is 0. The number of rotatable bonds is 2. The average molecular weight is 312 g/mol. The van der Waals surface area contributed by atoms with Crippen molar-refractivity contribution < 1.29 is 8.78 Å². The van der Waals surface area contributed by atoms with Crippen molar-refractivity contribution in [1.29, 1.82) is 0 Å². The quantitative estimate of drug-likeness (QED) is 0.607. The zero-order valence-electron chi connectivity index (χ0n) is 10.2. The molecule has 0 aliphatic heterocycles. The molecule has 0 bridgehead atoms. The van der Waals surface area contributed by atoms with Crippen molar-refractivity contribution in [1.82, 2.24) is 4.57 Å². The Bertz CT molecular complexity index is 776. The molecule has 0 amide bonds. The lowest BCUT2D eigenvalue weighted by Crippen LogP contribution is -2.03. The molecule has 2 aromatic carbocycles. The van der Waals surface area contributed by atoms with Gasteiger partial charge in [-0.05, 0) is 30.3 Å². The molecular weight excluding hydrogens is 303 g/mol. The number of aromatic nitrogens is 1. The maximum atomic E-state index is 13.7. The predicted octanol–water partition coefficient (Wildman–Crippen LogP) is 5.27. The van der Waals surface area contributed by atoms with E-state index < -0.39 is 11.6 Å². The summed E-state index contributed by atoms with van der Waals surface area (Å²) in [6, 6.07) is 8.98. The van der Waals surface area contributed by atoms with Crippen molar-refractivity contribution in [3.63, 3.8) is 0 Å². The van der Waals surface area contributed by atoms with Gasteiger partial charge in [-0.2, -0.15) is 0 Å². The van der Waals surface area contributed by atoms with Gasteiger partial charge in [0.25, 0.3) is 0 Å². The highest BCUT2D eigenvalue weighted by Gasteiger charge is 2.12. The van der Waals surface area contributed by atoms with Crippen molar-refractivity contribution in [2.24, 2.45) is 0 Å². The van der Waals surface area contributed by atoms with E-state index in [1.807, 2.05) is 0 Å². The van der Waals surface area contributed by atoms with Gasteiger partial charge in [-0.25, -0.2) is 8.78 Å². The number of benzene rings is 2. The number of halogens is 4. The number of fused-ring (bicyclic) bond motifs is 1. The van der Waals surface area contributed by atoms with Gasteiger partial charge in [-0.3, -0.25) is 0 Å². The van der Waals surface area contributed by atoms with Crippen LogP contribution in [0.4, 0.5) is 8.78 Å². The van der Waals surface area contributed by atoms with Gasteiger partial charge >= 0.3 is 0 Å². The molecule has 0 spiro atoms. The highest BCUT2D eigenvalue weighted by atomic mass is 35.5. The van der Waals surface area contributed by atoms with E-state index in [2.05, 4.69) is 0 Å². The van der Waals surface area contributed by atoms with Crippen LogP contribution in [0.5, 0.6) is 0 Å². The molecule has 0 atom stereocenters. The average Bonchev–Trinajstić information content (AvgIpc) is 2.77. The zero-order valence-corrected chi connectivity index (χ0v) is 11.7. The van der Waals surface area contributed by atoms with Crippen LogP contribution >= 0.6 is 23.2 Å². The molecule has 0 aliphatic carbocycles. The lowest BCUT2D eigenvalue weighted by molar-refractivity contribution is 0.547. The van der Waals surface area contributed by atoms with Gasteiger partial charge < -0.3 is 4.57 Å². The molecular formula is C15H9Cl2F2N. The molecule has 0 unspecified atom stereocenters. The fourth-order valence-corrected chi connectivity index (χ4v) is 2.76. The van der Waals surface area contributed by atoms with E-state index in [4.69, 9.17) is 23.2 Å². The van der Waals surface area contributed by atoms with Gasteiger partial charge in [0, 0.05) is 22.2 Å². The Morgan fingerprint density at radius 1 is 1.00 bits per heavy atom. The van der Waals surface area contributed by atoms with E-state index >= 15 is 0 Å². The van der Waals surface area contributed by atoms with Crippen LogP contribution in [0, 0.1) is 11.6 Å². The summed E-state index contributed by atoms with van der Waals surface area (Å²) in [5.41, 5.74) is 0.756. The van der Waals surface area contributed by atoms with Gasteiger partial charge in [0.1, 0.15) is 11.6 Å².